The minimum atomic E-state index is -4.36. The normalized spacial score (nSPS) is 11.6. The number of ketones is 1. The molecule has 2 rings (SSSR count). The molecule has 0 amide bonds. The van der Waals surface area contributed by atoms with Gasteiger partial charge in [0.05, 0.1) is 17.3 Å². The van der Waals surface area contributed by atoms with Crippen molar-refractivity contribution in [2.45, 2.75) is 26.1 Å². The van der Waals surface area contributed by atoms with Crippen LogP contribution in [0, 0.1) is 0 Å². The number of carbonyl (C=O) groups is 1. The van der Waals surface area contributed by atoms with Crippen molar-refractivity contribution >= 4 is 5.78 Å². The Morgan fingerprint density at radius 1 is 1.25 bits per heavy atom. The first-order valence-corrected chi connectivity index (χ1v) is 6.12. The zero-order valence-corrected chi connectivity index (χ0v) is 10.8. The van der Waals surface area contributed by atoms with Crippen LogP contribution in [-0.4, -0.2) is 15.6 Å². The summed E-state index contributed by atoms with van der Waals surface area (Å²) in [4.78, 5) is 11.9. The van der Waals surface area contributed by atoms with Crippen molar-refractivity contribution in [3.63, 3.8) is 0 Å². The van der Waals surface area contributed by atoms with E-state index in [0.29, 0.717) is 17.7 Å². The van der Waals surface area contributed by atoms with E-state index in [1.165, 1.54) is 18.3 Å². The van der Waals surface area contributed by atoms with E-state index in [-0.39, 0.29) is 12.2 Å². The fourth-order valence-electron chi connectivity index (χ4n) is 1.78. The molecule has 0 aliphatic rings. The molecule has 0 radical (unpaired) electrons. The number of hydrogen-bond donors (Lipinski definition) is 0. The minimum absolute atomic E-state index is 0.0630. The lowest BCUT2D eigenvalue weighted by Gasteiger charge is -2.07. The lowest BCUT2D eigenvalue weighted by atomic mass is 10.0. The fraction of sp³-hybridized carbons (Fsp3) is 0.286. The van der Waals surface area contributed by atoms with Crippen LogP contribution in [0.1, 0.15) is 28.4 Å². The van der Waals surface area contributed by atoms with Gasteiger partial charge in [-0.1, -0.05) is 12.1 Å². The van der Waals surface area contributed by atoms with Gasteiger partial charge in [0.15, 0.2) is 5.78 Å². The lowest BCUT2D eigenvalue weighted by Crippen LogP contribution is -2.06. The molecule has 20 heavy (non-hydrogen) atoms. The highest BCUT2D eigenvalue weighted by Crippen LogP contribution is 2.29. The van der Waals surface area contributed by atoms with Crippen molar-refractivity contribution in [1.82, 2.24) is 9.78 Å². The van der Waals surface area contributed by atoms with Gasteiger partial charge in [0.1, 0.15) is 0 Å². The van der Waals surface area contributed by atoms with Crippen molar-refractivity contribution in [3.8, 4) is 0 Å². The second-order valence-corrected chi connectivity index (χ2v) is 4.38. The summed E-state index contributed by atoms with van der Waals surface area (Å²) in [7, 11) is 0. The number of alkyl halides is 3. The summed E-state index contributed by atoms with van der Waals surface area (Å²) in [6, 6.07) is 4.62. The SMILES string of the molecule is CCn1cc(C(=O)Cc2ccc(C(F)(F)F)cc2)cn1. The second kappa shape index (κ2) is 5.48. The molecule has 1 aromatic heterocycles. The van der Waals surface area contributed by atoms with Crippen molar-refractivity contribution < 1.29 is 18.0 Å². The Morgan fingerprint density at radius 2 is 1.90 bits per heavy atom. The molecule has 0 spiro atoms. The summed E-state index contributed by atoms with van der Waals surface area (Å²) in [5, 5.41) is 3.99. The van der Waals surface area contributed by atoms with Gasteiger partial charge in [0.25, 0.3) is 0 Å². The molecule has 0 aliphatic heterocycles. The van der Waals surface area contributed by atoms with Gasteiger partial charge >= 0.3 is 6.18 Å². The molecule has 3 nitrogen and oxygen atoms in total. The Hall–Kier alpha value is -2.11. The first kappa shape index (κ1) is 14.3. The lowest BCUT2D eigenvalue weighted by molar-refractivity contribution is -0.137. The summed E-state index contributed by atoms with van der Waals surface area (Å²) in [5.41, 5.74) is 0.298. The second-order valence-electron chi connectivity index (χ2n) is 4.38. The van der Waals surface area contributed by atoms with Crippen molar-refractivity contribution in [1.29, 1.82) is 0 Å². The predicted molar refractivity (Wildman–Crippen MR) is 67.4 cm³/mol. The Labute approximate surface area is 114 Å². The highest BCUT2D eigenvalue weighted by molar-refractivity contribution is 5.97. The zero-order valence-electron chi connectivity index (χ0n) is 10.8. The van der Waals surface area contributed by atoms with Gasteiger partial charge in [-0.2, -0.15) is 18.3 Å². The number of carbonyl (C=O) groups excluding carboxylic acids is 1. The molecule has 0 bridgehead atoms. The molecular weight excluding hydrogens is 269 g/mol. The van der Waals surface area contributed by atoms with Gasteiger partial charge in [0, 0.05) is 19.2 Å². The summed E-state index contributed by atoms with van der Waals surface area (Å²) in [6.07, 6.45) is -1.19. The first-order valence-electron chi connectivity index (χ1n) is 6.12. The molecule has 0 aliphatic carbocycles. The maximum Gasteiger partial charge on any atom is 0.416 e. The van der Waals surface area contributed by atoms with Crippen LogP contribution < -0.4 is 0 Å². The van der Waals surface area contributed by atoms with Crippen LogP contribution in [0.25, 0.3) is 0 Å². The highest BCUT2D eigenvalue weighted by Gasteiger charge is 2.29. The maximum atomic E-state index is 12.4. The summed E-state index contributed by atoms with van der Waals surface area (Å²) in [6.45, 7) is 2.56. The Bertz CT molecular complexity index is 600. The zero-order chi connectivity index (χ0) is 14.8. The van der Waals surface area contributed by atoms with E-state index in [9.17, 15) is 18.0 Å². The molecule has 0 unspecified atom stereocenters. The number of aromatic nitrogens is 2. The molecule has 0 N–H and O–H groups in total. The third-order valence-electron chi connectivity index (χ3n) is 2.93. The van der Waals surface area contributed by atoms with Crippen molar-refractivity contribution in [2.75, 3.05) is 0 Å². The first-order chi connectivity index (χ1) is 9.40. The Morgan fingerprint density at radius 3 is 2.40 bits per heavy atom. The molecular formula is C14H13F3N2O. The van der Waals surface area contributed by atoms with E-state index in [4.69, 9.17) is 0 Å². The fourth-order valence-corrected chi connectivity index (χ4v) is 1.78. The topological polar surface area (TPSA) is 34.9 Å². The largest absolute Gasteiger partial charge is 0.416 e. The van der Waals surface area contributed by atoms with E-state index >= 15 is 0 Å². The van der Waals surface area contributed by atoms with Crippen LogP contribution in [0.4, 0.5) is 13.2 Å². The van der Waals surface area contributed by atoms with Crippen LogP contribution in [0.5, 0.6) is 0 Å². The third-order valence-corrected chi connectivity index (χ3v) is 2.93. The van der Waals surface area contributed by atoms with Crippen LogP contribution >= 0.6 is 0 Å². The van der Waals surface area contributed by atoms with Crippen LogP contribution in [0.2, 0.25) is 0 Å². The van der Waals surface area contributed by atoms with E-state index in [0.717, 1.165) is 12.1 Å². The maximum absolute atomic E-state index is 12.4. The molecule has 6 heteroatoms. The Kier molecular flexibility index (Phi) is 3.92. The van der Waals surface area contributed by atoms with E-state index in [1.807, 2.05) is 6.92 Å². The summed E-state index contributed by atoms with van der Waals surface area (Å²) < 4.78 is 38.9. The quantitative estimate of drug-likeness (QED) is 0.806. The standard InChI is InChI=1S/C14H13F3N2O/c1-2-19-9-11(8-18-19)13(20)7-10-3-5-12(6-4-10)14(15,16)17/h3-6,8-9H,2,7H2,1H3. The van der Waals surface area contributed by atoms with Gasteiger partial charge in [-0.25, -0.2) is 0 Å². The number of aryl methyl sites for hydroxylation is 1. The van der Waals surface area contributed by atoms with Gasteiger partial charge in [-0.15, -0.1) is 0 Å². The van der Waals surface area contributed by atoms with Crippen LogP contribution in [-0.2, 0) is 19.1 Å². The smallest absolute Gasteiger partial charge is 0.294 e. The predicted octanol–water partition coefficient (Wildman–Crippen LogP) is 3.35. The van der Waals surface area contributed by atoms with Crippen molar-refractivity contribution in [2.24, 2.45) is 0 Å². The van der Waals surface area contributed by atoms with Crippen LogP contribution in [0.15, 0.2) is 36.7 Å². The monoisotopic (exact) mass is 282 g/mol. The van der Waals surface area contributed by atoms with Crippen molar-refractivity contribution in [3.05, 3.63) is 53.3 Å². The van der Waals surface area contributed by atoms with E-state index < -0.39 is 11.7 Å². The van der Waals surface area contributed by atoms with Gasteiger partial charge < -0.3 is 0 Å². The molecule has 1 aromatic carbocycles. The minimum Gasteiger partial charge on any atom is -0.294 e. The third kappa shape index (κ3) is 3.26. The number of benzene rings is 1. The highest BCUT2D eigenvalue weighted by atomic mass is 19.4. The Balaban J connectivity index is 2.08. The molecule has 1 heterocycles. The summed E-state index contributed by atoms with van der Waals surface area (Å²) >= 11 is 0. The average Bonchev–Trinajstić information content (AvgIpc) is 2.87. The molecule has 0 fully saturated rings. The molecule has 0 saturated carbocycles. The molecule has 2 aromatic rings. The van der Waals surface area contributed by atoms with Crippen LogP contribution in [0.3, 0.4) is 0 Å². The van der Waals surface area contributed by atoms with Gasteiger partial charge in [-0.05, 0) is 24.6 Å². The van der Waals surface area contributed by atoms with Gasteiger partial charge in [0.2, 0.25) is 0 Å². The molecule has 0 atom stereocenters. The summed E-state index contributed by atoms with van der Waals surface area (Å²) in [5.74, 6) is -0.163. The van der Waals surface area contributed by atoms with E-state index in [1.54, 1.807) is 10.9 Å². The number of halogens is 3. The van der Waals surface area contributed by atoms with Gasteiger partial charge in [-0.3, -0.25) is 9.48 Å². The molecule has 106 valence electrons. The number of Topliss-reactive ketones (excluding diaryl/α,β-unsaturated/α-hetero) is 1. The number of rotatable bonds is 4. The average molecular weight is 282 g/mol. The molecule has 0 saturated heterocycles. The number of nitrogens with zero attached hydrogens (tertiary/aromatic N) is 2. The number of hydrogen-bond acceptors (Lipinski definition) is 2. The van der Waals surface area contributed by atoms with E-state index in [2.05, 4.69) is 5.10 Å².